The van der Waals surface area contributed by atoms with E-state index in [0.29, 0.717) is 23.6 Å². The number of aromatic nitrogens is 3. The van der Waals surface area contributed by atoms with Crippen molar-refractivity contribution >= 4 is 33.5 Å². The molecule has 0 radical (unpaired) electrons. The predicted octanol–water partition coefficient (Wildman–Crippen LogP) is 5.30. The van der Waals surface area contributed by atoms with Gasteiger partial charge in [-0.1, -0.05) is 72.3 Å². The summed E-state index contributed by atoms with van der Waals surface area (Å²) < 4.78 is 3.77. The van der Waals surface area contributed by atoms with Crippen LogP contribution in [0.3, 0.4) is 0 Å². The summed E-state index contributed by atoms with van der Waals surface area (Å²) in [6.45, 7) is 1.15. The third-order valence-electron chi connectivity index (χ3n) is 5.45. The maximum absolute atomic E-state index is 13.5. The lowest BCUT2D eigenvalue weighted by molar-refractivity contribution is 0.658. The number of halogens is 1. The minimum absolute atomic E-state index is 0.0193. The van der Waals surface area contributed by atoms with E-state index in [1.165, 1.54) is 5.56 Å². The number of nitrogens with zero attached hydrogens (tertiary/aromatic N) is 3. The smallest absolute Gasteiger partial charge is 0.277 e. The van der Waals surface area contributed by atoms with E-state index in [2.05, 4.69) is 21.7 Å². The second-order valence-electron chi connectivity index (χ2n) is 7.41. The van der Waals surface area contributed by atoms with Crippen LogP contribution in [-0.2, 0) is 19.5 Å². The summed E-state index contributed by atoms with van der Waals surface area (Å²) in [5.74, 6) is 0. The largest absolute Gasteiger partial charge is 0.330 e. The number of hydrogen-bond acceptors (Lipinski definition) is 2. The highest BCUT2D eigenvalue weighted by atomic mass is 35.5. The van der Waals surface area contributed by atoms with E-state index >= 15 is 0 Å². The third-order valence-corrected chi connectivity index (χ3v) is 5.68. The van der Waals surface area contributed by atoms with Crippen molar-refractivity contribution < 1.29 is 0 Å². The van der Waals surface area contributed by atoms with Crippen molar-refractivity contribution in [2.24, 2.45) is 0 Å². The summed E-state index contributed by atoms with van der Waals surface area (Å²) in [7, 11) is 0. The SMILES string of the molecule is O=c1c2c(ncn1CCc1ccccc1)c1ccccc1n2Cc1cccc(Cl)c1. The molecular weight excluding hydrogens is 394 g/mol. The number of para-hydroxylation sites is 1. The lowest BCUT2D eigenvalue weighted by atomic mass is 10.1. The van der Waals surface area contributed by atoms with Crippen molar-refractivity contribution in [3.63, 3.8) is 0 Å². The molecule has 0 saturated carbocycles. The van der Waals surface area contributed by atoms with Crippen LogP contribution in [0.1, 0.15) is 11.1 Å². The van der Waals surface area contributed by atoms with Gasteiger partial charge in [-0.3, -0.25) is 9.36 Å². The molecule has 0 aliphatic carbocycles. The maximum atomic E-state index is 13.5. The first-order chi connectivity index (χ1) is 14.7. The van der Waals surface area contributed by atoms with Gasteiger partial charge in [-0.15, -0.1) is 0 Å². The Morgan fingerprint density at radius 3 is 2.47 bits per heavy atom. The number of hydrogen-bond donors (Lipinski definition) is 0. The monoisotopic (exact) mass is 413 g/mol. The Hall–Kier alpha value is -3.37. The fourth-order valence-corrected chi connectivity index (χ4v) is 4.20. The molecule has 4 nitrogen and oxygen atoms in total. The van der Waals surface area contributed by atoms with Gasteiger partial charge in [0.2, 0.25) is 0 Å². The van der Waals surface area contributed by atoms with Crippen molar-refractivity contribution in [3.05, 3.63) is 112 Å². The van der Waals surface area contributed by atoms with E-state index in [1.54, 1.807) is 10.9 Å². The average molecular weight is 414 g/mol. The van der Waals surface area contributed by atoms with Gasteiger partial charge in [-0.05, 0) is 35.7 Å². The van der Waals surface area contributed by atoms with Crippen LogP contribution in [0.4, 0.5) is 0 Å². The summed E-state index contributed by atoms with van der Waals surface area (Å²) in [5, 5.41) is 1.67. The molecule has 5 heteroatoms. The van der Waals surface area contributed by atoms with E-state index in [4.69, 9.17) is 11.6 Å². The molecule has 2 heterocycles. The second kappa shape index (κ2) is 7.81. The number of benzene rings is 3. The van der Waals surface area contributed by atoms with E-state index in [-0.39, 0.29) is 5.56 Å². The Labute approximate surface area is 179 Å². The van der Waals surface area contributed by atoms with Crippen LogP contribution in [-0.4, -0.2) is 14.1 Å². The average Bonchev–Trinajstić information content (AvgIpc) is 3.08. The molecule has 0 spiro atoms. The summed E-state index contributed by atoms with van der Waals surface area (Å²) in [4.78, 5) is 18.2. The minimum atomic E-state index is -0.0193. The van der Waals surface area contributed by atoms with Crippen LogP contribution in [0.5, 0.6) is 0 Å². The lowest BCUT2D eigenvalue weighted by Crippen LogP contribution is -2.23. The van der Waals surface area contributed by atoms with Crippen LogP contribution < -0.4 is 5.56 Å². The first-order valence-electron chi connectivity index (χ1n) is 9.95. The third kappa shape index (κ3) is 3.40. The standard InChI is InChI=1S/C25H20ClN3O/c26-20-10-6-9-19(15-20)16-29-22-12-5-4-11-21(22)23-24(29)25(30)28(17-27-23)14-13-18-7-2-1-3-8-18/h1-12,15,17H,13-14,16H2. The van der Waals surface area contributed by atoms with Gasteiger partial charge in [-0.2, -0.15) is 0 Å². The van der Waals surface area contributed by atoms with Crippen molar-refractivity contribution in [2.75, 3.05) is 0 Å². The molecule has 30 heavy (non-hydrogen) atoms. The Balaban J connectivity index is 1.63. The van der Waals surface area contributed by atoms with E-state index in [0.717, 1.165) is 28.4 Å². The number of aryl methyl sites for hydroxylation is 2. The van der Waals surface area contributed by atoms with Crippen molar-refractivity contribution in [2.45, 2.75) is 19.5 Å². The summed E-state index contributed by atoms with van der Waals surface area (Å²) >= 11 is 6.19. The van der Waals surface area contributed by atoms with Gasteiger partial charge in [0.05, 0.1) is 11.8 Å². The van der Waals surface area contributed by atoms with Gasteiger partial charge >= 0.3 is 0 Å². The highest BCUT2D eigenvalue weighted by molar-refractivity contribution is 6.30. The van der Waals surface area contributed by atoms with Gasteiger partial charge in [0.25, 0.3) is 5.56 Å². The van der Waals surface area contributed by atoms with Crippen LogP contribution in [0.2, 0.25) is 5.02 Å². The molecule has 5 rings (SSSR count). The van der Waals surface area contributed by atoms with Crippen LogP contribution in [0.25, 0.3) is 21.9 Å². The van der Waals surface area contributed by atoms with Gasteiger partial charge in [0, 0.05) is 23.5 Å². The molecule has 0 atom stereocenters. The van der Waals surface area contributed by atoms with E-state index < -0.39 is 0 Å². The molecule has 2 aromatic heterocycles. The Morgan fingerprint density at radius 2 is 1.63 bits per heavy atom. The molecule has 148 valence electrons. The highest BCUT2D eigenvalue weighted by Gasteiger charge is 2.16. The zero-order valence-corrected chi connectivity index (χ0v) is 17.1. The second-order valence-corrected chi connectivity index (χ2v) is 7.85. The maximum Gasteiger partial charge on any atom is 0.277 e. The topological polar surface area (TPSA) is 39.8 Å². The van der Waals surface area contributed by atoms with Gasteiger partial charge in [0.15, 0.2) is 0 Å². The Bertz CT molecular complexity index is 1400. The predicted molar refractivity (Wildman–Crippen MR) is 122 cm³/mol. The summed E-state index contributed by atoms with van der Waals surface area (Å²) in [6, 6.07) is 26.0. The molecule has 3 aromatic carbocycles. The first kappa shape index (κ1) is 18.6. The van der Waals surface area contributed by atoms with Crippen LogP contribution >= 0.6 is 11.6 Å². The molecule has 0 fully saturated rings. The number of rotatable bonds is 5. The van der Waals surface area contributed by atoms with Gasteiger partial charge in [-0.25, -0.2) is 4.98 Å². The molecule has 0 N–H and O–H groups in total. The van der Waals surface area contributed by atoms with Gasteiger partial charge < -0.3 is 4.57 Å². The Kier molecular flexibility index (Phi) is 4.85. The Morgan fingerprint density at radius 1 is 0.867 bits per heavy atom. The van der Waals surface area contributed by atoms with E-state index in [1.807, 2.05) is 66.7 Å². The molecule has 0 aliphatic heterocycles. The van der Waals surface area contributed by atoms with Crippen LogP contribution in [0, 0.1) is 0 Å². The quantitative estimate of drug-likeness (QED) is 0.392. The molecule has 0 bridgehead atoms. The number of fused-ring (bicyclic) bond motifs is 3. The van der Waals surface area contributed by atoms with Gasteiger partial charge in [0.1, 0.15) is 11.0 Å². The van der Waals surface area contributed by atoms with Crippen molar-refractivity contribution in [1.29, 1.82) is 0 Å². The highest BCUT2D eigenvalue weighted by Crippen LogP contribution is 2.26. The lowest BCUT2D eigenvalue weighted by Gasteiger charge is -2.10. The zero-order chi connectivity index (χ0) is 20.5. The molecule has 0 saturated heterocycles. The zero-order valence-electron chi connectivity index (χ0n) is 16.3. The fourth-order valence-electron chi connectivity index (χ4n) is 3.98. The molecule has 0 amide bonds. The summed E-state index contributed by atoms with van der Waals surface area (Å²) in [5.41, 5.74) is 4.60. The molecular formula is C25H20ClN3O. The minimum Gasteiger partial charge on any atom is -0.330 e. The first-order valence-corrected chi connectivity index (χ1v) is 10.3. The van der Waals surface area contributed by atoms with E-state index in [9.17, 15) is 4.79 Å². The summed E-state index contributed by atoms with van der Waals surface area (Å²) in [6.07, 6.45) is 2.45. The normalized spacial score (nSPS) is 11.4. The van der Waals surface area contributed by atoms with Crippen molar-refractivity contribution in [3.8, 4) is 0 Å². The molecule has 0 aliphatic rings. The molecule has 0 unspecified atom stereocenters. The van der Waals surface area contributed by atoms with Crippen LogP contribution in [0.15, 0.2) is 90.0 Å². The molecule has 5 aromatic rings. The van der Waals surface area contributed by atoms with Crippen molar-refractivity contribution in [1.82, 2.24) is 14.1 Å². The fraction of sp³-hybridized carbons (Fsp3) is 0.120.